The predicted molar refractivity (Wildman–Crippen MR) is 67.3 cm³/mol. The maximum Gasteiger partial charge on any atom is 0.300 e. The highest BCUT2D eigenvalue weighted by Crippen LogP contribution is 2.21. The Kier molecular flexibility index (Phi) is 3.05. The third-order valence-electron chi connectivity index (χ3n) is 2.45. The number of hydrogen-bond donors (Lipinski definition) is 3. The van der Waals surface area contributed by atoms with Crippen LogP contribution in [0.1, 0.15) is 0 Å². The molecule has 2 aromatic heterocycles. The number of allylic oxidation sites excluding steroid dienone is 2. The van der Waals surface area contributed by atoms with E-state index < -0.39 is 5.82 Å². The lowest BCUT2D eigenvalue weighted by Gasteiger charge is -2.19. The Hall–Kier alpha value is -2.87. The summed E-state index contributed by atoms with van der Waals surface area (Å²) in [6, 6.07) is 3.00. The Bertz CT molecular complexity index is 665. The van der Waals surface area contributed by atoms with Crippen molar-refractivity contribution in [1.29, 1.82) is 0 Å². The lowest BCUT2D eigenvalue weighted by Crippen LogP contribution is -2.34. The first-order valence-electron chi connectivity index (χ1n) is 5.69. The Morgan fingerprint density at radius 3 is 2.95 bits per heavy atom. The van der Waals surface area contributed by atoms with Gasteiger partial charge in [0.1, 0.15) is 17.3 Å². The van der Waals surface area contributed by atoms with Gasteiger partial charge in [0.05, 0.1) is 18.6 Å². The van der Waals surface area contributed by atoms with Crippen LogP contribution in [0.25, 0.3) is 11.5 Å². The summed E-state index contributed by atoms with van der Waals surface area (Å²) in [6.07, 6.45) is 7.31. The molecule has 0 saturated carbocycles. The number of oxazole rings is 1. The number of rotatable bonds is 3. The fraction of sp³-hybridized carbons (Fsp3) is 0. The van der Waals surface area contributed by atoms with Gasteiger partial charge in [-0.2, -0.15) is 5.17 Å². The van der Waals surface area contributed by atoms with Gasteiger partial charge in [-0.25, -0.2) is 14.4 Å². The number of nitrogens with zero attached hydrogens (tertiary/aromatic N) is 3. The van der Waals surface area contributed by atoms with Crippen molar-refractivity contribution in [3.05, 3.63) is 54.5 Å². The van der Waals surface area contributed by atoms with Gasteiger partial charge < -0.3 is 4.42 Å². The van der Waals surface area contributed by atoms with Gasteiger partial charge >= 0.3 is 6.01 Å². The SMILES string of the molecule is ON1C=CC=C(Nc2ncc(-c3ccc(F)cn3)o2)N1. The summed E-state index contributed by atoms with van der Waals surface area (Å²) in [4.78, 5) is 7.91. The van der Waals surface area contributed by atoms with Gasteiger partial charge in [0.15, 0.2) is 5.76 Å². The van der Waals surface area contributed by atoms with E-state index in [1.54, 1.807) is 12.2 Å². The Morgan fingerprint density at radius 2 is 2.20 bits per heavy atom. The molecule has 0 atom stereocenters. The number of anilines is 1. The van der Waals surface area contributed by atoms with Gasteiger partial charge in [-0.05, 0) is 24.3 Å². The van der Waals surface area contributed by atoms with Crippen molar-refractivity contribution in [3.8, 4) is 11.5 Å². The largest absolute Gasteiger partial charge is 0.422 e. The molecule has 0 saturated heterocycles. The molecule has 0 amide bonds. The van der Waals surface area contributed by atoms with E-state index in [2.05, 4.69) is 20.7 Å². The highest BCUT2D eigenvalue weighted by molar-refractivity contribution is 5.52. The third-order valence-corrected chi connectivity index (χ3v) is 2.45. The Morgan fingerprint density at radius 1 is 1.30 bits per heavy atom. The van der Waals surface area contributed by atoms with Crippen LogP contribution >= 0.6 is 0 Å². The van der Waals surface area contributed by atoms with E-state index in [0.29, 0.717) is 17.3 Å². The highest BCUT2D eigenvalue weighted by Gasteiger charge is 2.10. The number of pyridine rings is 1. The van der Waals surface area contributed by atoms with Gasteiger partial charge in [0.2, 0.25) is 0 Å². The minimum absolute atomic E-state index is 0.216. The Balaban J connectivity index is 1.75. The first-order chi connectivity index (χ1) is 9.70. The summed E-state index contributed by atoms with van der Waals surface area (Å²) < 4.78 is 18.2. The summed E-state index contributed by atoms with van der Waals surface area (Å²) in [7, 11) is 0. The number of hydrogen-bond acceptors (Lipinski definition) is 7. The monoisotopic (exact) mass is 275 g/mol. The second-order valence-electron chi connectivity index (χ2n) is 3.89. The van der Waals surface area contributed by atoms with E-state index >= 15 is 0 Å². The number of nitrogens with one attached hydrogen (secondary N) is 2. The van der Waals surface area contributed by atoms with E-state index in [0.717, 1.165) is 11.4 Å². The lowest BCUT2D eigenvalue weighted by molar-refractivity contribution is -0.0795. The average Bonchev–Trinajstić information content (AvgIpc) is 2.88. The van der Waals surface area contributed by atoms with E-state index in [1.165, 1.54) is 24.5 Å². The van der Waals surface area contributed by atoms with Crippen LogP contribution in [0.2, 0.25) is 0 Å². The minimum atomic E-state index is -0.419. The van der Waals surface area contributed by atoms with E-state index in [1.807, 2.05) is 0 Å². The van der Waals surface area contributed by atoms with Crippen LogP contribution in [0.4, 0.5) is 10.4 Å². The molecule has 2 aromatic rings. The molecule has 102 valence electrons. The van der Waals surface area contributed by atoms with Crippen LogP contribution in [-0.2, 0) is 0 Å². The van der Waals surface area contributed by atoms with Crippen molar-refractivity contribution in [1.82, 2.24) is 20.6 Å². The molecule has 7 nitrogen and oxygen atoms in total. The highest BCUT2D eigenvalue weighted by atomic mass is 19.1. The normalized spacial score (nSPS) is 13.9. The molecule has 0 aliphatic carbocycles. The molecular formula is C12H10FN5O2. The average molecular weight is 275 g/mol. The molecule has 0 radical (unpaired) electrons. The second kappa shape index (κ2) is 5.02. The quantitative estimate of drug-likeness (QED) is 0.788. The molecule has 0 unspecified atom stereocenters. The van der Waals surface area contributed by atoms with Crippen molar-refractivity contribution in [2.45, 2.75) is 0 Å². The number of aromatic nitrogens is 2. The van der Waals surface area contributed by atoms with Gasteiger partial charge in [-0.15, -0.1) is 0 Å². The van der Waals surface area contributed by atoms with E-state index in [-0.39, 0.29) is 6.01 Å². The molecule has 8 heteroatoms. The first-order valence-corrected chi connectivity index (χ1v) is 5.69. The number of hydroxylamine groups is 1. The van der Waals surface area contributed by atoms with Crippen LogP contribution in [0.3, 0.4) is 0 Å². The molecular weight excluding hydrogens is 265 g/mol. The summed E-state index contributed by atoms with van der Waals surface area (Å²) in [5.74, 6) is 0.466. The van der Waals surface area contributed by atoms with E-state index in [9.17, 15) is 9.60 Å². The van der Waals surface area contributed by atoms with Gasteiger partial charge in [0, 0.05) is 0 Å². The molecule has 3 N–H and O–H groups in total. The van der Waals surface area contributed by atoms with Crippen molar-refractivity contribution in [3.63, 3.8) is 0 Å². The lowest BCUT2D eigenvalue weighted by atomic mass is 10.3. The third kappa shape index (κ3) is 2.59. The smallest absolute Gasteiger partial charge is 0.300 e. The minimum Gasteiger partial charge on any atom is -0.422 e. The van der Waals surface area contributed by atoms with Gasteiger partial charge in [-0.3, -0.25) is 15.9 Å². The fourth-order valence-electron chi connectivity index (χ4n) is 1.58. The Labute approximate surface area is 113 Å². The molecule has 0 bridgehead atoms. The maximum absolute atomic E-state index is 12.8. The van der Waals surface area contributed by atoms with E-state index in [4.69, 9.17) is 4.42 Å². The van der Waals surface area contributed by atoms with Crippen LogP contribution < -0.4 is 10.7 Å². The number of halogens is 1. The van der Waals surface area contributed by atoms with Crippen molar-refractivity contribution < 1.29 is 14.0 Å². The molecule has 1 aliphatic rings. The van der Waals surface area contributed by atoms with Gasteiger partial charge in [-0.1, -0.05) is 0 Å². The maximum atomic E-state index is 12.8. The molecule has 3 heterocycles. The van der Waals surface area contributed by atoms with Crippen molar-refractivity contribution in [2.24, 2.45) is 0 Å². The van der Waals surface area contributed by atoms with Crippen LogP contribution in [0.15, 0.2) is 53.1 Å². The van der Waals surface area contributed by atoms with Crippen LogP contribution in [0, 0.1) is 5.82 Å². The standard InChI is InChI=1S/C12H10FN5O2/c13-8-3-4-9(14-6-8)10-7-15-12(20-10)16-11-2-1-5-18(19)17-11/h1-7,17,19H,(H,15,16). The first kappa shape index (κ1) is 12.2. The molecule has 1 aliphatic heterocycles. The zero-order valence-corrected chi connectivity index (χ0v) is 10.1. The fourth-order valence-corrected chi connectivity index (χ4v) is 1.58. The van der Waals surface area contributed by atoms with Crippen LogP contribution in [-0.4, -0.2) is 20.3 Å². The zero-order valence-electron chi connectivity index (χ0n) is 10.1. The molecule has 0 fully saturated rings. The summed E-state index contributed by atoms with van der Waals surface area (Å²) in [6.45, 7) is 0. The van der Waals surface area contributed by atoms with Gasteiger partial charge in [0.25, 0.3) is 0 Å². The summed E-state index contributed by atoms with van der Waals surface area (Å²) in [5.41, 5.74) is 3.08. The molecule has 20 heavy (non-hydrogen) atoms. The summed E-state index contributed by atoms with van der Waals surface area (Å²) in [5, 5.41) is 12.8. The molecule has 0 aromatic carbocycles. The second-order valence-corrected chi connectivity index (χ2v) is 3.89. The molecule has 3 rings (SSSR count). The topological polar surface area (TPSA) is 86.5 Å². The molecule has 0 spiro atoms. The summed E-state index contributed by atoms with van der Waals surface area (Å²) >= 11 is 0. The predicted octanol–water partition coefficient (Wildman–Crippen LogP) is 1.85. The van der Waals surface area contributed by atoms with Crippen molar-refractivity contribution in [2.75, 3.05) is 5.32 Å². The van der Waals surface area contributed by atoms with Crippen LogP contribution in [0.5, 0.6) is 0 Å². The van der Waals surface area contributed by atoms with Crippen molar-refractivity contribution >= 4 is 6.01 Å². The zero-order chi connectivity index (χ0) is 13.9. The number of hydrazine groups is 1.